The minimum Gasteiger partial charge on any atom is -0.507 e. The number of rotatable bonds is 6. The van der Waals surface area contributed by atoms with Crippen molar-refractivity contribution < 1.29 is 24.2 Å². The van der Waals surface area contributed by atoms with Gasteiger partial charge in [-0.3, -0.25) is 14.5 Å². The summed E-state index contributed by atoms with van der Waals surface area (Å²) >= 11 is 3.48. The zero-order valence-electron chi connectivity index (χ0n) is 17.8. The number of methoxy groups -OCH3 is 1. The summed E-state index contributed by atoms with van der Waals surface area (Å²) in [5.41, 5.74) is 1.27. The van der Waals surface area contributed by atoms with Gasteiger partial charge in [-0.2, -0.15) is 0 Å². The Morgan fingerprint density at radius 1 is 1.12 bits per heavy atom. The zero-order valence-corrected chi connectivity index (χ0v) is 19.4. The van der Waals surface area contributed by atoms with E-state index in [1.54, 1.807) is 29.2 Å². The van der Waals surface area contributed by atoms with Gasteiger partial charge in [0.1, 0.15) is 11.5 Å². The number of ketones is 1. The van der Waals surface area contributed by atoms with Crippen molar-refractivity contribution in [1.29, 1.82) is 0 Å². The molecule has 0 spiro atoms. The van der Waals surface area contributed by atoms with Crippen LogP contribution in [0.3, 0.4) is 0 Å². The second-order valence-corrected chi connectivity index (χ2v) is 8.65. The van der Waals surface area contributed by atoms with Gasteiger partial charge in [-0.1, -0.05) is 40.2 Å². The minimum absolute atomic E-state index is 0.0864. The molecule has 168 valence electrons. The molecule has 1 amide bonds. The van der Waals surface area contributed by atoms with E-state index < -0.39 is 17.7 Å². The fourth-order valence-corrected chi connectivity index (χ4v) is 4.55. The maximum atomic E-state index is 13.1. The van der Waals surface area contributed by atoms with E-state index in [0.717, 1.165) is 23.1 Å². The molecule has 2 aliphatic heterocycles. The molecular formula is C24H25BrN2O5. The van der Waals surface area contributed by atoms with E-state index in [1.807, 2.05) is 24.3 Å². The normalized spacial score (nSPS) is 21.2. The van der Waals surface area contributed by atoms with Gasteiger partial charge in [-0.25, -0.2) is 0 Å². The highest BCUT2D eigenvalue weighted by atomic mass is 79.9. The summed E-state index contributed by atoms with van der Waals surface area (Å²) in [5, 5.41) is 11.1. The quantitative estimate of drug-likeness (QED) is 0.372. The van der Waals surface area contributed by atoms with Gasteiger partial charge in [0.15, 0.2) is 0 Å². The molecular weight excluding hydrogens is 476 g/mol. The topological polar surface area (TPSA) is 79.3 Å². The fourth-order valence-electron chi connectivity index (χ4n) is 4.13. The van der Waals surface area contributed by atoms with E-state index in [4.69, 9.17) is 9.47 Å². The van der Waals surface area contributed by atoms with Crippen molar-refractivity contribution in [3.63, 3.8) is 0 Å². The summed E-state index contributed by atoms with van der Waals surface area (Å²) in [6, 6.07) is 13.6. The summed E-state index contributed by atoms with van der Waals surface area (Å²) < 4.78 is 11.5. The molecule has 0 aliphatic carbocycles. The Kier molecular flexibility index (Phi) is 6.93. The van der Waals surface area contributed by atoms with Crippen LogP contribution in [0.1, 0.15) is 17.2 Å². The Morgan fingerprint density at radius 2 is 1.88 bits per heavy atom. The number of aliphatic hydroxyl groups is 1. The number of ether oxygens (including phenoxy) is 2. The van der Waals surface area contributed by atoms with Crippen LogP contribution in [0.4, 0.5) is 0 Å². The Hall–Kier alpha value is -2.68. The number of likely N-dealkylation sites (tertiary alicyclic amines) is 1. The average Bonchev–Trinajstić information content (AvgIpc) is 3.08. The molecule has 7 nitrogen and oxygen atoms in total. The van der Waals surface area contributed by atoms with Crippen molar-refractivity contribution in [1.82, 2.24) is 9.80 Å². The molecule has 2 fully saturated rings. The molecule has 2 aliphatic rings. The molecule has 0 bridgehead atoms. The van der Waals surface area contributed by atoms with Crippen LogP contribution in [-0.4, -0.2) is 73.1 Å². The van der Waals surface area contributed by atoms with Crippen LogP contribution in [0.2, 0.25) is 0 Å². The molecule has 2 aromatic rings. The lowest BCUT2D eigenvalue weighted by Gasteiger charge is -2.31. The molecule has 2 aromatic carbocycles. The number of amides is 1. The lowest BCUT2D eigenvalue weighted by Crippen LogP contribution is -2.42. The molecule has 1 unspecified atom stereocenters. The minimum atomic E-state index is -0.683. The molecule has 1 atom stereocenters. The number of aliphatic hydroxyl groups excluding tert-OH is 1. The summed E-state index contributed by atoms with van der Waals surface area (Å²) in [6.45, 7) is 3.88. The van der Waals surface area contributed by atoms with E-state index in [0.29, 0.717) is 37.6 Å². The highest BCUT2D eigenvalue weighted by Gasteiger charge is 2.46. The van der Waals surface area contributed by atoms with Gasteiger partial charge in [0.2, 0.25) is 0 Å². The third-order valence-corrected chi connectivity index (χ3v) is 6.30. The lowest BCUT2D eigenvalue weighted by atomic mass is 9.95. The summed E-state index contributed by atoms with van der Waals surface area (Å²) in [4.78, 5) is 30.0. The van der Waals surface area contributed by atoms with Gasteiger partial charge in [0.25, 0.3) is 11.7 Å². The molecule has 1 N–H and O–H groups in total. The Labute approximate surface area is 195 Å². The van der Waals surface area contributed by atoms with Gasteiger partial charge in [-0.15, -0.1) is 0 Å². The second kappa shape index (κ2) is 9.85. The maximum Gasteiger partial charge on any atom is 0.295 e. The van der Waals surface area contributed by atoms with Crippen molar-refractivity contribution in [2.45, 2.75) is 6.04 Å². The van der Waals surface area contributed by atoms with Crippen LogP contribution in [0, 0.1) is 0 Å². The van der Waals surface area contributed by atoms with Crippen LogP contribution in [0.25, 0.3) is 5.76 Å². The fraction of sp³-hybridized carbons (Fsp3) is 0.333. The highest BCUT2D eigenvalue weighted by molar-refractivity contribution is 9.10. The predicted molar refractivity (Wildman–Crippen MR) is 123 cm³/mol. The van der Waals surface area contributed by atoms with Gasteiger partial charge < -0.3 is 19.5 Å². The third kappa shape index (κ3) is 4.57. The Balaban J connectivity index is 1.75. The monoisotopic (exact) mass is 500 g/mol. The van der Waals surface area contributed by atoms with Gasteiger partial charge in [0.05, 0.1) is 31.9 Å². The number of Topliss-reactive ketones (excluding diaryl/α,β-unsaturated/α-hetero) is 1. The van der Waals surface area contributed by atoms with Crippen LogP contribution < -0.4 is 4.74 Å². The Morgan fingerprint density at radius 3 is 2.59 bits per heavy atom. The molecule has 0 saturated carbocycles. The van der Waals surface area contributed by atoms with Crippen LogP contribution in [0.5, 0.6) is 5.75 Å². The van der Waals surface area contributed by atoms with E-state index in [-0.39, 0.29) is 11.3 Å². The third-order valence-electron chi connectivity index (χ3n) is 5.81. The first kappa shape index (κ1) is 22.5. The molecule has 8 heteroatoms. The second-order valence-electron chi connectivity index (χ2n) is 7.73. The molecule has 2 saturated heterocycles. The Bertz CT molecular complexity index is 1050. The van der Waals surface area contributed by atoms with Crippen LogP contribution in [0.15, 0.2) is 58.6 Å². The van der Waals surface area contributed by atoms with Gasteiger partial charge in [0, 0.05) is 36.2 Å². The van der Waals surface area contributed by atoms with E-state index >= 15 is 0 Å². The number of hydrogen-bond acceptors (Lipinski definition) is 6. The van der Waals surface area contributed by atoms with Gasteiger partial charge >= 0.3 is 0 Å². The van der Waals surface area contributed by atoms with Crippen LogP contribution in [-0.2, 0) is 14.3 Å². The van der Waals surface area contributed by atoms with Crippen LogP contribution >= 0.6 is 15.9 Å². The standard InChI is InChI=1S/C24H25BrN2O5/c1-31-19-7-3-5-17(15-19)22(28)20-21(16-4-2-6-18(25)14-16)27(24(30)23(20)29)9-8-26-10-12-32-13-11-26/h2-7,14-15,21,28H,8-13H2,1H3/b22-20+. The lowest BCUT2D eigenvalue weighted by molar-refractivity contribution is -0.140. The summed E-state index contributed by atoms with van der Waals surface area (Å²) in [5.74, 6) is -0.944. The van der Waals surface area contributed by atoms with Crippen molar-refractivity contribution in [3.05, 3.63) is 69.7 Å². The largest absolute Gasteiger partial charge is 0.507 e. The first-order chi connectivity index (χ1) is 15.5. The molecule has 32 heavy (non-hydrogen) atoms. The molecule has 0 radical (unpaired) electrons. The number of nitrogens with zero attached hydrogens (tertiary/aromatic N) is 2. The number of halogens is 1. The average molecular weight is 501 g/mol. The first-order valence-corrected chi connectivity index (χ1v) is 11.3. The molecule has 2 heterocycles. The molecule has 0 aromatic heterocycles. The SMILES string of the molecule is COc1cccc(/C(O)=C2\C(=O)C(=O)N(CCN3CCOCC3)C2c2cccc(Br)c2)c1. The predicted octanol–water partition coefficient (Wildman–Crippen LogP) is 3.21. The van der Waals surface area contributed by atoms with E-state index in [2.05, 4.69) is 20.8 Å². The van der Waals surface area contributed by atoms with Crippen molar-refractivity contribution in [3.8, 4) is 5.75 Å². The van der Waals surface area contributed by atoms with Crippen molar-refractivity contribution in [2.24, 2.45) is 0 Å². The van der Waals surface area contributed by atoms with E-state index in [1.165, 1.54) is 7.11 Å². The van der Waals surface area contributed by atoms with Crippen molar-refractivity contribution in [2.75, 3.05) is 46.5 Å². The molecule has 4 rings (SSSR count). The van der Waals surface area contributed by atoms with Crippen molar-refractivity contribution >= 4 is 33.4 Å². The van der Waals surface area contributed by atoms with E-state index in [9.17, 15) is 14.7 Å². The maximum absolute atomic E-state index is 13.1. The smallest absolute Gasteiger partial charge is 0.295 e. The number of benzene rings is 2. The number of morpholine rings is 1. The summed E-state index contributed by atoms with van der Waals surface area (Å²) in [6.07, 6.45) is 0. The summed E-state index contributed by atoms with van der Waals surface area (Å²) in [7, 11) is 1.53. The number of hydrogen-bond donors (Lipinski definition) is 1. The number of carbonyl (C=O) groups excluding carboxylic acids is 2. The zero-order chi connectivity index (χ0) is 22.7. The van der Waals surface area contributed by atoms with Gasteiger partial charge in [-0.05, 0) is 29.8 Å². The first-order valence-electron chi connectivity index (χ1n) is 10.5. The highest BCUT2D eigenvalue weighted by Crippen LogP contribution is 2.40. The number of carbonyl (C=O) groups is 2.